The van der Waals surface area contributed by atoms with Gasteiger partial charge in [-0.25, -0.2) is 0 Å². The van der Waals surface area contributed by atoms with Crippen molar-refractivity contribution in [3.05, 3.63) is 5.56 Å². The lowest BCUT2D eigenvalue weighted by Gasteiger charge is -2.09. The predicted octanol–water partition coefficient (Wildman–Crippen LogP) is 1.69. The van der Waals surface area contributed by atoms with Crippen molar-refractivity contribution in [3.63, 3.8) is 0 Å². The smallest absolute Gasteiger partial charge is 0.258 e. The standard InChI is InChI=1S/C11H18N4OS/c1-6(2)5-13-11-8(9(12)15-17-11)10(16)14-7-3-4-7/h6-7,13H,3-5H2,1-2H3,(H2,12,15)(H,14,16). The van der Waals surface area contributed by atoms with Crippen LogP contribution in [0.5, 0.6) is 0 Å². The van der Waals surface area contributed by atoms with Gasteiger partial charge in [-0.3, -0.25) is 4.79 Å². The molecule has 6 heteroatoms. The van der Waals surface area contributed by atoms with Gasteiger partial charge < -0.3 is 16.4 Å². The lowest BCUT2D eigenvalue weighted by atomic mass is 10.2. The van der Waals surface area contributed by atoms with Crippen molar-refractivity contribution in [2.24, 2.45) is 5.92 Å². The average Bonchev–Trinajstić information content (AvgIpc) is 2.97. The van der Waals surface area contributed by atoms with Gasteiger partial charge in [-0.05, 0) is 30.3 Å². The fraction of sp³-hybridized carbons (Fsp3) is 0.636. The zero-order valence-corrected chi connectivity index (χ0v) is 10.9. The van der Waals surface area contributed by atoms with Crippen molar-refractivity contribution in [2.75, 3.05) is 17.6 Å². The molecule has 17 heavy (non-hydrogen) atoms. The summed E-state index contributed by atoms with van der Waals surface area (Å²) in [5.41, 5.74) is 6.25. The van der Waals surface area contributed by atoms with E-state index in [4.69, 9.17) is 5.73 Å². The largest absolute Gasteiger partial charge is 0.382 e. The molecule has 0 aliphatic heterocycles. The highest BCUT2D eigenvalue weighted by atomic mass is 32.1. The highest BCUT2D eigenvalue weighted by molar-refractivity contribution is 7.11. The molecule has 2 rings (SSSR count). The third kappa shape index (κ3) is 3.09. The van der Waals surface area contributed by atoms with Crippen LogP contribution in [0.25, 0.3) is 0 Å². The third-order valence-corrected chi connectivity index (χ3v) is 3.35. The maximum atomic E-state index is 12.0. The zero-order valence-electron chi connectivity index (χ0n) is 10.1. The van der Waals surface area contributed by atoms with E-state index < -0.39 is 0 Å². The van der Waals surface area contributed by atoms with E-state index in [9.17, 15) is 4.79 Å². The number of hydrogen-bond donors (Lipinski definition) is 3. The molecule has 1 aliphatic rings. The van der Waals surface area contributed by atoms with Gasteiger partial charge in [0.05, 0.1) is 0 Å². The molecule has 0 atom stereocenters. The lowest BCUT2D eigenvalue weighted by molar-refractivity contribution is 0.0953. The molecule has 1 aliphatic carbocycles. The van der Waals surface area contributed by atoms with Gasteiger partial charge >= 0.3 is 0 Å². The van der Waals surface area contributed by atoms with Crippen LogP contribution in [0.4, 0.5) is 10.8 Å². The third-order valence-electron chi connectivity index (χ3n) is 2.53. The molecule has 0 unspecified atom stereocenters. The number of nitrogen functional groups attached to an aromatic ring is 1. The van der Waals surface area contributed by atoms with Gasteiger partial charge in [-0.1, -0.05) is 13.8 Å². The zero-order chi connectivity index (χ0) is 12.4. The summed E-state index contributed by atoms with van der Waals surface area (Å²) in [6, 6.07) is 0.333. The first kappa shape index (κ1) is 12.2. The molecule has 5 nitrogen and oxygen atoms in total. The van der Waals surface area contributed by atoms with Crippen molar-refractivity contribution >= 4 is 28.3 Å². The summed E-state index contributed by atoms with van der Waals surface area (Å²) in [5.74, 6) is 0.724. The Labute approximate surface area is 105 Å². The van der Waals surface area contributed by atoms with Crippen LogP contribution in [0.3, 0.4) is 0 Å². The SMILES string of the molecule is CC(C)CNc1snc(N)c1C(=O)NC1CC1. The Morgan fingerprint density at radius 2 is 2.29 bits per heavy atom. The predicted molar refractivity (Wildman–Crippen MR) is 70.3 cm³/mol. The minimum Gasteiger partial charge on any atom is -0.382 e. The Kier molecular flexibility index (Phi) is 3.51. The second-order valence-electron chi connectivity index (χ2n) is 4.79. The highest BCUT2D eigenvalue weighted by Gasteiger charge is 2.27. The molecular weight excluding hydrogens is 236 g/mol. The Morgan fingerprint density at radius 1 is 1.59 bits per heavy atom. The summed E-state index contributed by atoms with van der Waals surface area (Å²) in [6.07, 6.45) is 2.13. The molecule has 0 aromatic carbocycles. The van der Waals surface area contributed by atoms with Crippen LogP contribution in [0.15, 0.2) is 0 Å². The number of hydrogen-bond acceptors (Lipinski definition) is 5. The molecule has 0 bridgehead atoms. The molecule has 1 saturated carbocycles. The Bertz CT molecular complexity index is 412. The number of nitrogens with zero attached hydrogens (tertiary/aromatic N) is 1. The van der Waals surface area contributed by atoms with Crippen molar-refractivity contribution in [3.8, 4) is 0 Å². The van der Waals surface area contributed by atoms with Crippen LogP contribution in [0, 0.1) is 5.92 Å². The molecule has 1 aromatic heterocycles. The summed E-state index contributed by atoms with van der Waals surface area (Å²) in [4.78, 5) is 12.0. The van der Waals surface area contributed by atoms with E-state index in [2.05, 4.69) is 28.9 Å². The quantitative estimate of drug-likeness (QED) is 0.747. The summed E-state index contributed by atoms with van der Waals surface area (Å²) in [5, 5.41) is 6.93. The maximum Gasteiger partial charge on any atom is 0.258 e. The van der Waals surface area contributed by atoms with E-state index in [-0.39, 0.29) is 5.91 Å². The molecule has 4 N–H and O–H groups in total. The molecule has 1 fully saturated rings. The normalized spacial score (nSPS) is 15.0. The van der Waals surface area contributed by atoms with Gasteiger partial charge in [0, 0.05) is 12.6 Å². The molecule has 0 saturated heterocycles. The Hall–Kier alpha value is -1.30. The van der Waals surface area contributed by atoms with Gasteiger partial charge in [0.15, 0.2) is 5.82 Å². The van der Waals surface area contributed by atoms with Gasteiger partial charge in [-0.2, -0.15) is 4.37 Å². The van der Waals surface area contributed by atoms with Crippen LogP contribution in [0.1, 0.15) is 37.0 Å². The van der Waals surface area contributed by atoms with E-state index in [1.54, 1.807) is 0 Å². The first-order valence-corrected chi connectivity index (χ1v) is 6.65. The van der Waals surface area contributed by atoms with E-state index in [0.29, 0.717) is 23.3 Å². The monoisotopic (exact) mass is 254 g/mol. The second kappa shape index (κ2) is 4.91. The summed E-state index contributed by atoms with van der Waals surface area (Å²) >= 11 is 1.25. The summed E-state index contributed by atoms with van der Waals surface area (Å²) < 4.78 is 4.04. The van der Waals surface area contributed by atoms with Crippen molar-refractivity contribution in [2.45, 2.75) is 32.7 Å². The van der Waals surface area contributed by atoms with E-state index in [0.717, 1.165) is 24.4 Å². The molecule has 0 spiro atoms. The van der Waals surface area contributed by atoms with Crippen molar-refractivity contribution in [1.82, 2.24) is 9.69 Å². The molecular formula is C11H18N4OS. The number of carbonyl (C=O) groups excluding carboxylic acids is 1. The number of carbonyl (C=O) groups is 1. The van der Waals surface area contributed by atoms with Crippen LogP contribution in [-0.4, -0.2) is 22.9 Å². The molecule has 0 radical (unpaired) electrons. The topological polar surface area (TPSA) is 80.0 Å². The number of rotatable bonds is 5. The molecule has 1 amide bonds. The van der Waals surface area contributed by atoms with Crippen molar-refractivity contribution < 1.29 is 4.79 Å². The van der Waals surface area contributed by atoms with Gasteiger partial charge in [0.2, 0.25) is 0 Å². The highest BCUT2D eigenvalue weighted by Crippen LogP contribution is 2.28. The van der Waals surface area contributed by atoms with E-state index in [1.165, 1.54) is 11.5 Å². The molecule has 1 aromatic rings. The minimum atomic E-state index is -0.106. The van der Waals surface area contributed by atoms with E-state index >= 15 is 0 Å². The maximum absolute atomic E-state index is 12.0. The fourth-order valence-corrected chi connectivity index (χ4v) is 2.14. The molecule has 94 valence electrons. The van der Waals surface area contributed by atoms with Gasteiger partial charge in [0.1, 0.15) is 10.6 Å². The van der Waals surface area contributed by atoms with Crippen LogP contribution in [-0.2, 0) is 0 Å². The number of amides is 1. The van der Waals surface area contributed by atoms with Crippen LogP contribution >= 0.6 is 11.5 Å². The number of anilines is 2. The number of nitrogens with one attached hydrogen (secondary N) is 2. The number of nitrogens with two attached hydrogens (primary N) is 1. The number of aromatic nitrogens is 1. The Morgan fingerprint density at radius 3 is 2.88 bits per heavy atom. The van der Waals surface area contributed by atoms with Crippen LogP contribution in [0.2, 0.25) is 0 Å². The van der Waals surface area contributed by atoms with Crippen molar-refractivity contribution in [1.29, 1.82) is 0 Å². The minimum absolute atomic E-state index is 0.106. The summed E-state index contributed by atoms with van der Waals surface area (Å²) in [7, 11) is 0. The van der Waals surface area contributed by atoms with Crippen LogP contribution < -0.4 is 16.4 Å². The first-order valence-electron chi connectivity index (χ1n) is 5.87. The van der Waals surface area contributed by atoms with Gasteiger partial charge in [0.25, 0.3) is 5.91 Å². The lowest BCUT2D eigenvalue weighted by Crippen LogP contribution is -2.26. The second-order valence-corrected chi connectivity index (χ2v) is 5.57. The molecule has 1 heterocycles. The van der Waals surface area contributed by atoms with Gasteiger partial charge in [-0.15, -0.1) is 0 Å². The first-order chi connectivity index (χ1) is 8.08. The fourth-order valence-electron chi connectivity index (χ4n) is 1.42. The van der Waals surface area contributed by atoms with E-state index in [1.807, 2.05) is 0 Å². The average molecular weight is 254 g/mol. The summed E-state index contributed by atoms with van der Waals surface area (Å²) in [6.45, 7) is 5.04. The Balaban J connectivity index is 2.07.